The van der Waals surface area contributed by atoms with E-state index in [0.29, 0.717) is 19.3 Å². The van der Waals surface area contributed by atoms with Gasteiger partial charge in [0.2, 0.25) is 11.8 Å². The molecule has 3 saturated heterocycles. The molecular weight excluding hydrogens is 558 g/mol. The molecule has 4 heterocycles. The minimum Gasteiger partial charge on any atom is -0.361 e. The Morgan fingerprint density at radius 1 is 0.778 bits per heavy atom. The number of aromatic amines is 1. The van der Waals surface area contributed by atoms with Gasteiger partial charge in [0.25, 0.3) is 0 Å². The number of nitrogens with one attached hydrogen (secondary N) is 2. The van der Waals surface area contributed by atoms with E-state index >= 15 is 0 Å². The molecule has 2 amide bonds. The van der Waals surface area contributed by atoms with Gasteiger partial charge in [0.1, 0.15) is 11.6 Å². The number of rotatable bonds is 10. The van der Waals surface area contributed by atoms with Crippen LogP contribution in [0.25, 0.3) is 10.9 Å². The van der Waals surface area contributed by atoms with Crippen molar-refractivity contribution in [1.82, 2.24) is 25.0 Å². The van der Waals surface area contributed by atoms with E-state index < -0.39 is 11.6 Å². The SMILES string of the molecule is O=C1C(Cc2c[nH]c3ccccc23)NC(=O)C2(CCN(CCCCc3ccccc3)CC2)N1C1CCN(Cc2ccccc2)C1. The summed E-state index contributed by atoms with van der Waals surface area (Å²) in [5, 5.41) is 4.36. The van der Waals surface area contributed by atoms with Gasteiger partial charge in [-0.3, -0.25) is 14.5 Å². The smallest absolute Gasteiger partial charge is 0.246 e. The van der Waals surface area contributed by atoms with Crippen LogP contribution in [0.15, 0.2) is 91.1 Å². The van der Waals surface area contributed by atoms with Crippen LogP contribution >= 0.6 is 0 Å². The van der Waals surface area contributed by atoms with Gasteiger partial charge in [-0.25, -0.2) is 0 Å². The summed E-state index contributed by atoms with van der Waals surface area (Å²) < 4.78 is 0. The summed E-state index contributed by atoms with van der Waals surface area (Å²) >= 11 is 0. The third-order valence-electron chi connectivity index (χ3n) is 10.4. The monoisotopic (exact) mass is 603 g/mol. The third-order valence-corrected chi connectivity index (χ3v) is 10.4. The average Bonchev–Trinajstić information content (AvgIpc) is 3.71. The summed E-state index contributed by atoms with van der Waals surface area (Å²) in [6, 6.07) is 28.9. The molecule has 7 heteroatoms. The predicted molar refractivity (Wildman–Crippen MR) is 179 cm³/mol. The fraction of sp³-hybridized carbons (Fsp3) is 0.421. The van der Waals surface area contributed by atoms with Crippen LogP contribution in [-0.2, 0) is 29.0 Å². The number of piperazine rings is 1. The molecule has 0 aliphatic carbocycles. The van der Waals surface area contributed by atoms with Crippen LogP contribution in [-0.4, -0.2) is 81.8 Å². The lowest BCUT2D eigenvalue weighted by molar-refractivity contribution is -0.164. The van der Waals surface area contributed by atoms with Gasteiger partial charge in [-0.1, -0.05) is 78.9 Å². The van der Waals surface area contributed by atoms with Crippen LogP contribution in [0.5, 0.6) is 0 Å². The van der Waals surface area contributed by atoms with Crippen LogP contribution in [0.2, 0.25) is 0 Å². The van der Waals surface area contributed by atoms with E-state index in [1.807, 2.05) is 18.3 Å². The molecule has 7 rings (SSSR count). The molecule has 1 spiro atoms. The molecule has 0 radical (unpaired) electrons. The lowest BCUT2D eigenvalue weighted by Crippen LogP contribution is -2.75. The molecule has 7 nitrogen and oxygen atoms in total. The number of hydrogen-bond donors (Lipinski definition) is 2. The van der Waals surface area contributed by atoms with Gasteiger partial charge in [0.05, 0.1) is 0 Å². The number of nitrogens with zero attached hydrogens (tertiary/aromatic N) is 3. The summed E-state index contributed by atoms with van der Waals surface area (Å²) in [6.07, 6.45) is 8.17. The number of piperidine rings is 1. The molecule has 2 unspecified atom stereocenters. The van der Waals surface area contributed by atoms with Crippen molar-refractivity contribution in [2.45, 2.75) is 69.1 Å². The van der Waals surface area contributed by atoms with Crippen molar-refractivity contribution in [2.75, 3.05) is 32.7 Å². The zero-order valence-electron chi connectivity index (χ0n) is 26.2. The van der Waals surface area contributed by atoms with Crippen LogP contribution in [0.3, 0.4) is 0 Å². The Labute approximate surface area is 266 Å². The molecule has 2 N–H and O–H groups in total. The molecule has 3 aromatic carbocycles. The molecule has 2 atom stereocenters. The van der Waals surface area contributed by atoms with Crippen LogP contribution in [0, 0.1) is 0 Å². The Hall–Kier alpha value is -3.94. The molecule has 3 fully saturated rings. The number of amides is 2. The van der Waals surface area contributed by atoms with E-state index in [0.717, 1.165) is 81.4 Å². The molecule has 3 aliphatic rings. The molecular formula is C38H45N5O2. The summed E-state index contributed by atoms with van der Waals surface area (Å²) in [7, 11) is 0. The second-order valence-corrected chi connectivity index (χ2v) is 13.3. The maximum absolute atomic E-state index is 14.6. The zero-order valence-corrected chi connectivity index (χ0v) is 26.2. The maximum atomic E-state index is 14.6. The Morgan fingerprint density at radius 2 is 1.49 bits per heavy atom. The first-order chi connectivity index (χ1) is 22.1. The molecule has 0 saturated carbocycles. The van der Waals surface area contributed by atoms with E-state index in [1.54, 1.807) is 0 Å². The second-order valence-electron chi connectivity index (χ2n) is 13.3. The highest BCUT2D eigenvalue weighted by Gasteiger charge is 2.56. The highest BCUT2D eigenvalue weighted by atomic mass is 16.2. The van der Waals surface area contributed by atoms with E-state index in [9.17, 15) is 9.59 Å². The molecule has 1 aromatic heterocycles. The second kappa shape index (κ2) is 13.2. The first-order valence-electron chi connectivity index (χ1n) is 16.8. The van der Waals surface area contributed by atoms with E-state index in [-0.39, 0.29) is 17.9 Å². The Balaban J connectivity index is 1.06. The summed E-state index contributed by atoms with van der Waals surface area (Å²) in [5.74, 6) is 0.125. The molecule has 45 heavy (non-hydrogen) atoms. The predicted octanol–water partition coefficient (Wildman–Crippen LogP) is 5.17. The topological polar surface area (TPSA) is 71.7 Å². The number of hydrogen-bond acceptors (Lipinski definition) is 4. The number of fused-ring (bicyclic) bond motifs is 1. The molecule has 0 bridgehead atoms. The third kappa shape index (κ3) is 6.29. The lowest BCUT2D eigenvalue weighted by atomic mass is 9.79. The standard InChI is InChI=1S/C38H45N5O2/c44-36-35(25-31-26-39-34-17-8-7-16-33(31)34)40-37(45)38(43(36)32-18-22-42(28-32)27-30-14-5-2-6-15-30)19-23-41(24-20-38)21-10-9-13-29-11-3-1-4-12-29/h1-8,11-12,14-17,26,32,35,39H,9-10,13,18-25,27-28H2,(H,40,45). The fourth-order valence-electron chi connectivity index (χ4n) is 7.96. The number of para-hydroxylation sites is 1. The number of likely N-dealkylation sites (tertiary alicyclic amines) is 2. The quantitative estimate of drug-likeness (QED) is 0.246. The minimum atomic E-state index is -0.776. The number of unbranched alkanes of at least 4 members (excludes halogenated alkanes) is 1. The van der Waals surface area contributed by atoms with Crippen molar-refractivity contribution in [2.24, 2.45) is 0 Å². The normalized spacial score (nSPS) is 22.4. The number of carbonyl (C=O) groups is 2. The lowest BCUT2D eigenvalue weighted by Gasteiger charge is -2.53. The van der Waals surface area contributed by atoms with Crippen LogP contribution < -0.4 is 5.32 Å². The van der Waals surface area contributed by atoms with Gasteiger partial charge in [0, 0.05) is 62.3 Å². The number of aromatic nitrogens is 1. The van der Waals surface area contributed by atoms with Crippen molar-refractivity contribution in [3.05, 3.63) is 108 Å². The molecule has 234 valence electrons. The van der Waals surface area contributed by atoms with Gasteiger partial charge >= 0.3 is 0 Å². The average molecular weight is 604 g/mol. The number of benzene rings is 3. The highest BCUT2D eigenvalue weighted by Crippen LogP contribution is 2.38. The van der Waals surface area contributed by atoms with Crippen LogP contribution in [0.1, 0.15) is 48.8 Å². The number of H-pyrrole nitrogens is 1. The van der Waals surface area contributed by atoms with Crippen molar-refractivity contribution in [1.29, 1.82) is 0 Å². The fourth-order valence-corrected chi connectivity index (χ4v) is 7.96. The summed E-state index contributed by atoms with van der Waals surface area (Å²) in [5.41, 5.74) is 4.03. The maximum Gasteiger partial charge on any atom is 0.246 e. The number of aryl methyl sites for hydroxylation is 1. The molecule has 4 aromatic rings. The van der Waals surface area contributed by atoms with Gasteiger partial charge in [-0.15, -0.1) is 0 Å². The van der Waals surface area contributed by atoms with E-state index in [2.05, 4.69) is 97.8 Å². The van der Waals surface area contributed by atoms with Crippen molar-refractivity contribution < 1.29 is 9.59 Å². The van der Waals surface area contributed by atoms with Crippen molar-refractivity contribution in [3.63, 3.8) is 0 Å². The highest BCUT2D eigenvalue weighted by molar-refractivity contribution is 6.00. The van der Waals surface area contributed by atoms with Crippen molar-refractivity contribution in [3.8, 4) is 0 Å². The van der Waals surface area contributed by atoms with Gasteiger partial charge in [-0.05, 0) is 67.8 Å². The molecule has 3 aliphatic heterocycles. The van der Waals surface area contributed by atoms with E-state index in [1.165, 1.54) is 11.1 Å². The van der Waals surface area contributed by atoms with Crippen LogP contribution in [0.4, 0.5) is 0 Å². The Bertz CT molecular complexity index is 1590. The summed E-state index contributed by atoms with van der Waals surface area (Å²) in [6.45, 7) is 5.33. The van der Waals surface area contributed by atoms with E-state index in [4.69, 9.17) is 0 Å². The Morgan fingerprint density at radius 3 is 2.27 bits per heavy atom. The number of carbonyl (C=O) groups excluding carboxylic acids is 2. The van der Waals surface area contributed by atoms with Gasteiger partial charge in [-0.2, -0.15) is 0 Å². The zero-order chi connectivity index (χ0) is 30.6. The first-order valence-corrected chi connectivity index (χ1v) is 16.8. The minimum absolute atomic E-state index is 0.0372. The Kier molecular flexibility index (Phi) is 8.72. The van der Waals surface area contributed by atoms with Crippen molar-refractivity contribution >= 4 is 22.7 Å². The van der Waals surface area contributed by atoms with Gasteiger partial charge in [0.15, 0.2) is 0 Å². The largest absolute Gasteiger partial charge is 0.361 e. The summed E-state index contributed by atoms with van der Waals surface area (Å²) in [4.78, 5) is 39.2. The first kappa shape index (κ1) is 29.8. The van der Waals surface area contributed by atoms with Gasteiger partial charge < -0.3 is 20.1 Å².